The molecule has 54 heavy (non-hydrogen) atoms. The van der Waals surface area contributed by atoms with E-state index < -0.39 is 0 Å². The topological polar surface area (TPSA) is 13.1 Å². The molecule has 0 amide bonds. The van der Waals surface area contributed by atoms with Gasteiger partial charge in [0.1, 0.15) is 11.2 Å². The van der Waals surface area contributed by atoms with Crippen molar-refractivity contribution in [3.8, 4) is 33.4 Å². The van der Waals surface area contributed by atoms with Gasteiger partial charge in [-0.3, -0.25) is 0 Å². The first-order valence-electron chi connectivity index (χ1n) is 18.5. The van der Waals surface area contributed by atoms with E-state index in [0.29, 0.717) is 0 Å². The van der Waals surface area contributed by atoms with E-state index in [9.17, 15) is 0 Å². The van der Waals surface area contributed by atoms with Gasteiger partial charge in [-0.1, -0.05) is 146 Å². The van der Waals surface area contributed by atoms with Crippen LogP contribution < -0.4 is 0 Å². The minimum atomic E-state index is 0.933. The lowest BCUT2D eigenvalue weighted by atomic mass is 9.84. The summed E-state index contributed by atoms with van der Waals surface area (Å²) in [5.74, 6) is 0. The van der Waals surface area contributed by atoms with Crippen molar-refractivity contribution in [3.63, 3.8) is 0 Å². The van der Waals surface area contributed by atoms with E-state index >= 15 is 0 Å². The monoisotopic (exact) mass is 702 g/mol. The van der Waals surface area contributed by atoms with Crippen molar-refractivity contribution in [2.24, 2.45) is 0 Å². The summed E-state index contributed by atoms with van der Waals surface area (Å²) in [6.07, 6.45) is 0. The van der Waals surface area contributed by atoms with Gasteiger partial charge < -0.3 is 4.42 Å². The lowest BCUT2D eigenvalue weighted by Crippen LogP contribution is -1.91. The Morgan fingerprint density at radius 1 is 0.315 bits per heavy atom. The summed E-state index contributed by atoms with van der Waals surface area (Å²) < 4.78 is 8.86. The first-order chi connectivity index (χ1) is 26.8. The molecule has 0 aliphatic rings. The van der Waals surface area contributed by atoms with Crippen molar-refractivity contribution in [3.05, 3.63) is 182 Å². The van der Waals surface area contributed by atoms with Crippen LogP contribution in [0.15, 0.2) is 186 Å². The lowest BCUT2D eigenvalue weighted by molar-refractivity contribution is 0.669. The molecule has 0 radical (unpaired) electrons. The first kappa shape index (κ1) is 29.8. The molecule has 0 atom stereocenters. The number of furan rings is 1. The molecule has 0 N–H and O–H groups in total. The Morgan fingerprint density at radius 3 is 1.70 bits per heavy atom. The molecule has 12 rings (SSSR count). The summed E-state index contributed by atoms with van der Waals surface area (Å²) in [5.41, 5.74) is 9.38. The van der Waals surface area contributed by atoms with Gasteiger partial charge in [-0.25, -0.2) is 0 Å². The number of thiophene rings is 1. The van der Waals surface area contributed by atoms with E-state index in [1.807, 2.05) is 17.4 Å². The van der Waals surface area contributed by atoms with Crippen molar-refractivity contribution >= 4 is 96.5 Å². The zero-order valence-corrected chi connectivity index (χ0v) is 30.0. The van der Waals surface area contributed by atoms with E-state index in [2.05, 4.69) is 176 Å². The van der Waals surface area contributed by atoms with Crippen molar-refractivity contribution in [1.29, 1.82) is 0 Å². The fraction of sp³-hybridized carbons (Fsp3) is 0. The molecule has 0 spiro atoms. The normalized spacial score (nSPS) is 12.1. The molecule has 10 aromatic carbocycles. The Labute approximate surface area is 314 Å². The predicted octanol–water partition coefficient (Wildman–Crippen LogP) is 15.6. The Morgan fingerprint density at radius 2 is 0.926 bits per heavy atom. The molecular formula is C52H30OS. The van der Waals surface area contributed by atoms with Gasteiger partial charge in [-0.05, 0) is 113 Å². The van der Waals surface area contributed by atoms with Crippen LogP contribution >= 0.6 is 11.3 Å². The van der Waals surface area contributed by atoms with E-state index in [4.69, 9.17) is 4.42 Å². The van der Waals surface area contributed by atoms with E-state index in [0.717, 1.165) is 11.2 Å². The van der Waals surface area contributed by atoms with Gasteiger partial charge in [0, 0.05) is 30.9 Å². The van der Waals surface area contributed by atoms with E-state index in [1.54, 1.807) is 0 Å². The summed E-state index contributed by atoms with van der Waals surface area (Å²) in [6, 6.07) is 66.8. The van der Waals surface area contributed by atoms with Gasteiger partial charge in [0.05, 0.1) is 0 Å². The van der Waals surface area contributed by atoms with Crippen molar-refractivity contribution in [2.45, 2.75) is 0 Å². The van der Waals surface area contributed by atoms with Crippen LogP contribution in [0.2, 0.25) is 0 Å². The Kier molecular flexibility index (Phi) is 6.28. The summed E-state index contributed by atoms with van der Waals surface area (Å²) in [6.45, 7) is 0. The van der Waals surface area contributed by atoms with Crippen LogP contribution in [0.4, 0.5) is 0 Å². The van der Waals surface area contributed by atoms with Crippen LogP contribution in [0.25, 0.3) is 119 Å². The maximum Gasteiger partial charge on any atom is 0.136 e. The fourth-order valence-corrected chi connectivity index (χ4v) is 10.1. The van der Waals surface area contributed by atoms with Gasteiger partial charge in [-0.15, -0.1) is 11.3 Å². The molecule has 2 heteroatoms. The molecule has 0 aliphatic heterocycles. The number of para-hydroxylation sites is 1. The summed E-state index contributed by atoms with van der Waals surface area (Å²) in [7, 11) is 0. The number of rotatable bonds is 3. The highest BCUT2D eigenvalue weighted by Gasteiger charge is 2.18. The fourth-order valence-electron chi connectivity index (χ4n) is 9.00. The molecule has 0 unspecified atom stereocenters. The zero-order valence-electron chi connectivity index (χ0n) is 29.1. The molecule has 0 saturated carbocycles. The predicted molar refractivity (Wildman–Crippen MR) is 233 cm³/mol. The molecule has 0 bridgehead atoms. The van der Waals surface area contributed by atoms with Gasteiger partial charge in [0.15, 0.2) is 0 Å². The van der Waals surface area contributed by atoms with Crippen LogP contribution in [0.3, 0.4) is 0 Å². The second kappa shape index (κ2) is 11.4. The van der Waals surface area contributed by atoms with Gasteiger partial charge >= 0.3 is 0 Å². The second-order valence-electron chi connectivity index (χ2n) is 14.4. The third kappa shape index (κ3) is 4.32. The van der Waals surface area contributed by atoms with Crippen LogP contribution in [-0.4, -0.2) is 0 Å². The minimum absolute atomic E-state index is 0.933. The lowest BCUT2D eigenvalue weighted by Gasteiger charge is -2.19. The smallest absolute Gasteiger partial charge is 0.136 e. The van der Waals surface area contributed by atoms with Gasteiger partial charge in [0.25, 0.3) is 0 Å². The average molecular weight is 703 g/mol. The van der Waals surface area contributed by atoms with Crippen molar-refractivity contribution in [1.82, 2.24) is 0 Å². The molecule has 12 aromatic rings. The highest BCUT2D eigenvalue weighted by Crippen LogP contribution is 2.46. The maximum absolute atomic E-state index is 6.25. The second-order valence-corrected chi connectivity index (χ2v) is 15.4. The number of benzene rings is 10. The van der Waals surface area contributed by atoms with Crippen LogP contribution in [-0.2, 0) is 0 Å². The molecule has 0 aliphatic carbocycles. The van der Waals surface area contributed by atoms with Crippen LogP contribution in [0.5, 0.6) is 0 Å². The largest absolute Gasteiger partial charge is 0.456 e. The molecule has 250 valence electrons. The Bertz CT molecular complexity index is 3430. The quantitative estimate of drug-likeness (QED) is 0.167. The van der Waals surface area contributed by atoms with E-state index in [-0.39, 0.29) is 0 Å². The molecule has 2 aromatic heterocycles. The number of fused-ring (bicyclic) bond motifs is 11. The van der Waals surface area contributed by atoms with Gasteiger partial charge in [0.2, 0.25) is 0 Å². The maximum atomic E-state index is 6.25. The van der Waals surface area contributed by atoms with Crippen molar-refractivity contribution in [2.75, 3.05) is 0 Å². The Hall–Kier alpha value is -6.74. The first-order valence-corrected chi connectivity index (χ1v) is 19.3. The number of hydrogen-bond acceptors (Lipinski definition) is 2. The highest BCUT2D eigenvalue weighted by atomic mass is 32.1. The van der Waals surface area contributed by atoms with E-state index in [1.165, 1.54) is 107 Å². The SMILES string of the molecule is c1ccc2c(-c3c4ccccc4c(-c4ccc(-c5ccc6sc7cc8ccc9oc%10ccccc%10c9c8cc7c6c5)cc4)c4ccccc34)cccc2c1. The standard InChI is InChI=1S/C52H30OS/c1-2-12-36-32(10-1)11-9-18-37(36)51-40-15-5-3-13-38(40)50(39-14-4-6-16-41(39)51)33-22-20-31(21-23-33)34-25-27-48-44(28-34)45-30-43-35(29-49(45)54-48)24-26-47-52(43)42-17-7-8-19-46(42)53-47/h1-30H. The Balaban J connectivity index is 1.01. The molecule has 0 fully saturated rings. The minimum Gasteiger partial charge on any atom is -0.456 e. The third-order valence-electron chi connectivity index (χ3n) is 11.4. The van der Waals surface area contributed by atoms with Crippen LogP contribution in [0, 0.1) is 0 Å². The highest BCUT2D eigenvalue weighted by molar-refractivity contribution is 7.25. The number of hydrogen-bond donors (Lipinski definition) is 0. The zero-order chi connectivity index (χ0) is 35.3. The van der Waals surface area contributed by atoms with Crippen molar-refractivity contribution < 1.29 is 4.42 Å². The summed E-state index contributed by atoms with van der Waals surface area (Å²) in [4.78, 5) is 0. The molecule has 0 saturated heterocycles. The third-order valence-corrected chi connectivity index (χ3v) is 12.6. The van der Waals surface area contributed by atoms with Crippen LogP contribution in [0.1, 0.15) is 0 Å². The molecule has 1 nitrogen and oxygen atoms in total. The molecule has 2 heterocycles. The average Bonchev–Trinajstić information content (AvgIpc) is 3.79. The van der Waals surface area contributed by atoms with Gasteiger partial charge in [-0.2, -0.15) is 0 Å². The summed E-state index contributed by atoms with van der Waals surface area (Å²) in [5, 5.41) is 15.1. The molecular weight excluding hydrogens is 673 g/mol. The summed E-state index contributed by atoms with van der Waals surface area (Å²) >= 11 is 1.87.